The molecular formula is C30H41NO2. The summed E-state index contributed by atoms with van der Waals surface area (Å²) in [5, 5.41) is 0. The first kappa shape index (κ1) is 25.2. The average molecular weight is 448 g/mol. The number of rotatable bonds is 8. The third-order valence-electron chi connectivity index (χ3n) is 7.39. The summed E-state index contributed by atoms with van der Waals surface area (Å²) in [6.07, 6.45) is 2.35. The van der Waals surface area contributed by atoms with E-state index in [9.17, 15) is 4.79 Å². The highest BCUT2D eigenvalue weighted by atomic mass is 16.5. The number of hydrogen-bond donors (Lipinski definition) is 0. The lowest BCUT2D eigenvalue weighted by Gasteiger charge is -2.43. The topological polar surface area (TPSA) is 29.5 Å². The summed E-state index contributed by atoms with van der Waals surface area (Å²) in [5.74, 6) is -0.268. The van der Waals surface area contributed by atoms with Gasteiger partial charge in [0.25, 0.3) is 0 Å². The molecule has 0 heterocycles. The van der Waals surface area contributed by atoms with Crippen molar-refractivity contribution in [2.75, 3.05) is 26.2 Å². The Morgan fingerprint density at radius 3 is 2.15 bits per heavy atom. The van der Waals surface area contributed by atoms with Gasteiger partial charge in [-0.05, 0) is 83.6 Å². The van der Waals surface area contributed by atoms with E-state index in [0.29, 0.717) is 12.2 Å². The Morgan fingerprint density at radius 2 is 1.55 bits per heavy atom. The van der Waals surface area contributed by atoms with E-state index in [-0.39, 0.29) is 16.8 Å². The van der Waals surface area contributed by atoms with E-state index in [0.717, 1.165) is 37.2 Å². The van der Waals surface area contributed by atoms with E-state index in [1.807, 2.05) is 24.3 Å². The molecule has 0 saturated carbocycles. The second kappa shape index (κ2) is 9.85. The first-order chi connectivity index (χ1) is 15.5. The van der Waals surface area contributed by atoms with Crippen molar-refractivity contribution in [1.82, 2.24) is 4.90 Å². The fraction of sp³-hybridized carbons (Fsp3) is 0.500. The van der Waals surface area contributed by atoms with Gasteiger partial charge in [-0.1, -0.05) is 78.0 Å². The smallest absolute Gasteiger partial charge is 0.338 e. The van der Waals surface area contributed by atoms with Crippen LogP contribution in [0.25, 0.3) is 5.57 Å². The van der Waals surface area contributed by atoms with Gasteiger partial charge in [0.2, 0.25) is 0 Å². The van der Waals surface area contributed by atoms with Gasteiger partial charge in [0.15, 0.2) is 0 Å². The summed E-state index contributed by atoms with van der Waals surface area (Å²) < 4.78 is 5.48. The lowest BCUT2D eigenvalue weighted by molar-refractivity contribution is 0.0466. The molecule has 2 aromatic rings. The van der Waals surface area contributed by atoms with Gasteiger partial charge in [0.05, 0.1) is 5.56 Å². The predicted octanol–water partition coefficient (Wildman–Crippen LogP) is 6.90. The van der Waals surface area contributed by atoms with E-state index in [1.165, 1.54) is 28.7 Å². The Hall–Kier alpha value is -2.39. The molecule has 1 aliphatic carbocycles. The van der Waals surface area contributed by atoms with Crippen molar-refractivity contribution >= 4 is 11.5 Å². The number of ether oxygens (including phenoxy) is 1. The molecule has 33 heavy (non-hydrogen) atoms. The maximum atomic E-state index is 12.5. The van der Waals surface area contributed by atoms with Gasteiger partial charge >= 0.3 is 5.97 Å². The number of carbonyl (C=O) groups excluding carboxylic acids is 1. The SMILES string of the molecule is C=C(c1ccc(C(=O)OCCN(CC)CC)cc1)c1cc(C)cc2c1C(C)(C)CCC2(C)C. The Balaban J connectivity index is 1.84. The maximum Gasteiger partial charge on any atom is 0.338 e. The van der Waals surface area contributed by atoms with Crippen LogP contribution in [0.3, 0.4) is 0 Å². The summed E-state index contributed by atoms with van der Waals surface area (Å²) in [7, 11) is 0. The van der Waals surface area contributed by atoms with Gasteiger partial charge in [-0.15, -0.1) is 0 Å². The molecule has 0 N–H and O–H groups in total. The van der Waals surface area contributed by atoms with Crippen LogP contribution in [0.2, 0.25) is 0 Å². The normalized spacial score (nSPS) is 16.4. The summed E-state index contributed by atoms with van der Waals surface area (Å²) in [6.45, 7) is 23.4. The Labute approximate surface area is 200 Å². The largest absolute Gasteiger partial charge is 0.461 e. The van der Waals surface area contributed by atoms with Crippen molar-refractivity contribution in [2.45, 2.75) is 72.1 Å². The highest BCUT2D eigenvalue weighted by Crippen LogP contribution is 2.49. The number of hydrogen-bond acceptors (Lipinski definition) is 3. The van der Waals surface area contributed by atoms with E-state index >= 15 is 0 Å². The molecule has 178 valence electrons. The van der Waals surface area contributed by atoms with Gasteiger partial charge in [0.1, 0.15) is 6.61 Å². The van der Waals surface area contributed by atoms with Crippen LogP contribution in [0.1, 0.15) is 92.6 Å². The van der Waals surface area contributed by atoms with Crippen LogP contribution in [0.15, 0.2) is 43.0 Å². The van der Waals surface area contributed by atoms with Crippen LogP contribution < -0.4 is 0 Å². The zero-order chi connectivity index (χ0) is 24.4. The molecule has 0 atom stereocenters. The van der Waals surface area contributed by atoms with Crippen molar-refractivity contribution in [3.8, 4) is 0 Å². The molecule has 3 rings (SSSR count). The molecule has 0 radical (unpaired) electrons. The zero-order valence-electron chi connectivity index (χ0n) is 21.7. The summed E-state index contributed by atoms with van der Waals surface area (Å²) in [5.41, 5.74) is 8.28. The fourth-order valence-corrected chi connectivity index (χ4v) is 5.03. The van der Waals surface area contributed by atoms with Gasteiger partial charge in [-0.3, -0.25) is 0 Å². The second-order valence-electron chi connectivity index (χ2n) is 10.7. The molecule has 3 nitrogen and oxygen atoms in total. The zero-order valence-corrected chi connectivity index (χ0v) is 21.7. The van der Waals surface area contributed by atoms with Crippen LogP contribution >= 0.6 is 0 Å². The minimum Gasteiger partial charge on any atom is -0.461 e. The monoisotopic (exact) mass is 447 g/mol. The molecule has 0 saturated heterocycles. The molecular weight excluding hydrogens is 406 g/mol. The van der Waals surface area contributed by atoms with Crippen LogP contribution in [-0.2, 0) is 15.6 Å². The number of esters is 1. The van der Waals surface area contributed by atoms with Gasteiger partial charge in [-0.25, -0.2) is 4.79 Å². The van der Waals surface area contributed by atoms with E-state index in [1.54, 1.807) is 0 Å². The summed E-state index contributed by atoms with van der Waals surface area (Å²) in [4.78, 5) is 14.7. The number of carbonyl (C=O) groups is 1. The van der Waals surface area contributed by atoms with E-state index in [2.05, 4.69) is 72.1 Å². The highest BCUT2D eigenvalue weighted by Gasteiger charge is 2.39. The lowest BCUT2D eigenvalue weighted by atomic mass is 9.61. The number of likely N-dealkylation sites (N-methyl/N-ethyl adjacent to an activating group) is 1. The highest BCUT2D eigenvalue weighted by molar-refractivity contribution is 5.90. The van der Waals surface area contributed by atoms with Crippen molar-refractivity contribution in [3.05, 3.63) is 76.4 Å². The van der Waals surface area contributed by atoms with Crippen molar-refractivity contribution < 1.29 is 9.53 Å². The quantitative estimate of drug-likeness (QED) is 0.412. The molecule has 1 aliphatic rings. The Kier molecular flexibility index (Phi) is 7.53. The van der Waals surface area contributed by atoms with Crippen molar-refractivity contribution in [2.24, 2.45) is 0 Å². The number of nitrogens with zero attached hydrogens (tertiary/aromatic N) is 1. The number of aryl methyl sites for hydroxylation is 1. The van der Waals surface area contributed by atoms with Crippen LogP contribution in [0.5, 0.6) is 0 Å². The summed E-state index contributed by atoms with van der Waals surface area (Å²) >= 11 is 0. The number of benzene rings is 2. The van der Waals surface area contributed by atoms with Gasteiger partial charge < -0.3 is 9.64 Å². The molecule has 0 aromatic heterocycles. The molecule has 0 aliphatic heterocycles. The maximum absolute atomic E-state index is 12.5. The van der Waals surface area contributed by atoms with Crippen molar-refractivity contribution in [3.63, 3.8) is 0 Å². The Morgan fingerprint density at radius 1 is 0.970 bits per heavy atom. The van der Waals surface area contributed by atoms with Crippen LogP contribution in [0.4, 0.5) is 0 Å². The van der Waals surface area contributed by atoms with Crippen LogP contribution in [-0.4, -0.2) is 37.1 Å². The number of fused-ring (bicyclic) bond motifs is 1. The lowest BCUT2D eigenvalue weighted by Crippen LogP contribution is -2.35. The fourth-order valence-electron chi connectivity index (χ4n) is 5.03. The summed E-state index contributed by atoms with van der Waals surface area (Å²) in [6, 6.07) is 12.4. The molecule has 0 unspecified atom stereocenters. The van der Waals surface area contributed by atoms with Gasteiger partial charge in [0, 0.05) is 6.54 Å². The predicted molar refractivity (Wildman–Crippen MR) is 139 cm³/mol. The first-order valence-electron chi connectivity index (χ1n) is 12.3. The first-order valence-corrected chi connectivity index (χ1v) is 12.3. The third kappa shape index (κ3) is 5.41. The van der Waals surface area contributed by atoms with Crippen LogP contribution in [0, 0.1) is 6.92 Å². The molecule has 0 fully saturated rings. The van der Waals surface area contributed by atoms with Gasteiger partial charge in [-0.2, -0.15) is 0 Å². The van der Waals surface area contributed by atoms with E-state index < -0.39 is 0 Å². The standard InChI is InChI=1S/C30H41NO2/c1-9-31(10-2)17-18-33-28(32)24-13-11-23(12-14-24)22(4)25-19-21(3)20-26-27(25)30(7,8)16-15-29(26,5)6/h11-14,19-20H,4,9-10,15-18H2,1-3,5-8H3. The molecule has 0 spiro atoms. The van der Waals surface area contributed by atoms with E-state index in [4.69, 9.17) is 4.74 Å². The molecule has 3 heteroatoms. The average Bonchev–Trinajstić information content (AvgIpc) is 2.78. The second-order valence-corrected chi connectivity index (χ2v) is 10.7. The molecule has 0 amide bonds. The van der Waals surface area contributed by atoms with Crippen molar-refractivity contribution in [1.29, 1.82) is 0 Å². The Bertz CT molecular complexity index is 1010. The molecule has 2 aromatic carbocycles. The minimum absolute atomic E-state index is 0.103. The minimum atomic E-state index is -0.268. The molecule has 0 bridgehead atoms. The third-order valence-corrected chi connectivity index (χ3v) is 7.39.